The van der Waals surface area contributed by atoms with Gasteiger partial charge in [0.15, 0.2) is 0 Å². The molecule has 5 heteroatoms. The highest BCUT2D eigenvalue weighted by Gasteiger charge is 2.15. The summed E-state index contributed by atoms with van der Waals surface area (Å²) in [4.78, 5) is 12.7. The third-order valence-electron chi connectivity index (χ3n) is 3.31. The van der Waals surface area contributed by atoms with Crippen LogP contribution in [0, 0.1) is 0 Å². The van der Waals surface area contributed by atoms with Crippen molar-refractivity contribution in [2.24, 2.45) is 0 Å². The molecule has 0 aliphatic rings. The molecule has 1 N–H and O–H groups in total. The van der Waals surface area contributed by atoms with Crippen molar-refractivity contribution in [2.75, 3.05) is 13.2 Å². The number of alkyl carbamates (subject to hydrolysis) is 1. The number of amides is 1. The minimum atomic E-state index is -0.474. The van der Waals surface area contributed by atoms with E-state index in [-0.39, 0.29) is 0 Å². The topological polar surface area (TPSA) is 47.6 Å². The summed E-state index contributed by atoms with van der Waals surface area (Å²) >= 11 is 1.79. The van der Waals surface area contributed by atoms with Crippen LogP contribution in [0.2, 0.25) is 0 Å². The van der Waals surface area contributed by atoms with Crippen LogP contribution in [0.25, 0.3) is 0 Å². The number of benzene rings is 2. The van der Waals surface area contributed by atoms with E-state index in [1.54, 1.807) is 11.8 Å². The molecule has 0 atom stereocenters. The number of thioether (sulfide) groups is 1. The molecule has 0 bridgehead atoms. The molecule has 0 unspecified atom stereocenters. The zero-order chi connectivity index (χ0) is 18.8. The summed E-state index contributed by atoms with van der Waals surface area (Å²) in [5, 5.41) is 2.73. The van der Waals surface area contributed by atoms with E-state index >= 15 is 0 Å². The summed E-state index contributed by atoms with van der Waals surface area (Å²) in [7, 11) is 0. The fraction of sp³-hybridized carbons (Fsp3) is 0.381. The third-order valence-corrected chi connectivity index (χ3v) is 4.38. The highest BCUT2D eigenvalue weighted by Crippen LogP contribution is 2.26. The summed E-state index contributed by atoms with van der Waals surface area (Å²) in [5.41, 5.74) is 0.829. The van der Waals surface area contributed by atoms with Crippen LogP contribution in [0.1, 0.15) is 32.8 Å². The molecule has 2 aromatic carbocycles. The minimum absolute atomic E-state index is 0.392. The van der Waals surface area contributed by atoms with Crippen molar-refractivity contribution in [1.29, 1.82) is 0 Å². The molecule has 0 aromatic heterocycles. The molecule has 0 aliphatic carbocycles. The average Bonchev–Trinajstić information content (AvgIpc) is 2.59. The van der Waals surface area contributed by atoms with E-state index in [0.717, 1.165) is 17.9 Å². The zero-order valence-corrected chi connectivity index (χ0v) is 16.5. The van der Waals surface area contributed by atoms with Gasteiger partial charge in [-0.3, -0.25) is 0 Å². The highest BCUT2D eigenvalue weighted by molar-refractivity contribution is 7.98. The highest BCUT2D eigenvalue weighted by atomic mass is 32.2. The fourth-order valence-electron chi connectivity index (χ4n) is 2.16. The van der Waals surface area contributed by atoms with Crippen molar-refractivity contribution in [3.05, 3.63) is 60.2 Å². The molecule has 1 amide bonds. The summed E-state index contributed by atoms with van der Waals surface area (Å²) in [6.45, 7) is 6.61. The Kier molecular flexibility index (Phi) is 7.85. The summed E-state index contributed by atoms with van der Waals surface area (Å²) in [6.07, 6.45) is 0.331. The van der Waals surface area contributed by atoms with Gasteiger partial charge >= 0.3 is 6.09 Å². The third kappa shape index (κ3) is 8.30. The number of carbonyl (C=O) groups is 1. The van der Waals surface area contributed by atoms with Crippen LogP contribution in [-0.2, 0) is 10.5 Å². The summed E-state index contributed by atoms with van der Waals surface area (Å²) < 4.78 is 11.0. The van der Waals surface area contributed by atoms with Gasteiger partial charge in [0, 0.05) is 17.2 Å². The molecule has 4 nitrogen and oxygen atoms in total. The summed E-state index contributed by atoms with van der Waals surface area (Å²) in [6, 6.07) is 18.5. The lowest BCUT2D eigenvalue weighted by molar-refractivity contribution is 0.0525. The molecule has 0 fully saturated rings. The van der Waals surface area contributed by atoms with Gasteiger partial charge in [-0.25, -0.2) is 4.79 Å². The van der Waals surface area contributed by atoms with Crippen LogP contribution in [-0.4, -0.2) is 24.8 Å². The Morgan fingerprint density at radius 1 is 1.08 bits per heavy atom. The van der Waals surface area contributed by atoms with Crippen LogP contribution in [0.4, 0.5) is 4.79 Å². The number of nitrogens with one attached hydrogen (secondary N) is 1. The van der Waals surface area contributed by atoms with Gasteiger partial charge in [0.1, 0.15) is 11.4 Å². The maximum absolute atomic E-state index is 11.5. The number of carbonyl (C=O) groups excluding carboxylic acids is 1. The average molecular weight is 374 g/mol. The smallest absolute Gasteiger partial charge is 0.407 e. The van der Waals surface area contributed by atoms with Crippen molar-refractivity contribution < 1.29 is 14.3 Å². The molecule has 26 heavy (non-hydrogen) atoms. The lowest BCUT2D eigenvalue weighted by Crippen LogP contribution is -2.33. The minimum Gasteiger partial charge on any atom is -0.493 e. The van der Waals surface area contributed by atoms with E-state index in [2.05, 4.69) is 41.7 Å². The van der Waals surface area contributed by atoms with E-state index in [1.807, 2.05) is 39.0 Å². The molecule has 0 heterocycles. The molecule has 0 saturated heterocycles. The van der Waals surface area contributed by atoms with Crippen molar-refractivity contribution in [3.8, 4) is 5.75 Å². The van der Waals surface area contributed by atoms with Gasteiger partial charge in [-0.1, -0.05) is 36.4 Å². The second kappa shape index (κ2) is 10.1. The molecule has 2 rings (SSSR count). The first-order chi connectivity index (χ1) is 12.4. The zero-order valence-electron chi connectivity index (χ0n) is 15.7. The van der Waals surface area contributed by atoms with Gasteiger partial charge in [0.25, 0.3) is 0 Å². The van der Waals surface area contributed by atoms with Crippen LogP contribution >= 0.6 is 11.8 Å². The summed E-state index contributed by atoms with van der Waals surface area (Å²) in [5.74, 6) is 1.78. The van der Waals surface area contributed by atoms with Gasteiger partial charge in [-0.15, -0.1) is 11.8 Å². The molecule has 0 saturated carbocycles. The standard InChI is InChI=1S/C21H27NO3S/c1-21(2,3)25-20(23)22-13-8-14-24-18-11-7-12-19(15-18)26-16-17-9-5-4-6-10-17/h4-7,9-12,15H,8,13-14,16H2,1-3H3,(H,22,23). The Morgan fingerprint density at radius 3 is 2.58 bits per heavy atom. The van der Waals surface area contributed by atoms with Crippen molar-refractivity contribution in [1.82, 2.24) is 5.32 Å². The Bertz CT molecular complexity index is 683. The van der Waals surface area contributed by atoms with Gasteiger partial charge < -0.3 is 14.8 Å². The molecule has 0 radical (unpaired) electrons. The molecule has 2 aromatic rings. The van der Waals surface area contributed by atoms with E-state index in [4.69, 9.17) is 9.47 Å². The van der Waals surface area contributed by atoms with Crippen LogP contribution in [0.15, 0.2) is 59.5 Å². The number of hydrogen-bond acceptors (Lipinski definition) is 4. The van der Waals surface area contributed by atoms with Crippen LogP contribution in [0.5, 0.6) is 5.75 Å². The first-order valence-electron chi connectivity index (χ1n) is 8.79. The van der Waals surface area contributed by atoms with E-state index in [1.165, 1.54) is 10.5 Å². The Hall–Kier alpha value is -2.14. The maximum atomic E-state index is 11.5. The molecule has 0 aliphatic heterocycles. The van der Waals surface area contributed by atoms with Crippen molar-refractivity contribution in [2.45, 2.75) is 43.4 Å². The van der Waals surface area contributed by atoms with Gasteiger partial charge in [-0.05, 0) is 51.0 Å². The predicted molar refractivity (Wildman–Crippen MR) is 107 cm³/mol. The van der Waals surface area contributed by atoms with Crippen molar-refractivity contribution in [3.63, 3.8) is 0 Å². The van der Waals surface area contributed by atoms with Crippen LogP contribution < -0.4 is 10.1 Å². The lowest BCUT2D eigenvalue weighted by Gasteiger charge is -2.19. The first-order valence-corrected chi connectivity index (χ1v) is 9.77. The predicted octanol–water partition coefficient (Wildman–Crippen LogP) is 5.27. The lowest BCUT2D eigenvalue weighted by atomic mass is 10.2. The Balaban J connectivity index is 1.67. The van der Waals surface area contributed by atoms with Gasteiger partial charge in [-0.2, -0.15) is 0 Å². The fourth-order valence-corrected chi connectivity index (χ4v) is 3.06. The maximum Gasteiger partial charge on any atom is 0.407 e. The first kappa shape index (κ1) is 20.2. The van der Waals surface area contributed by atoms with Crippen LogP contribution in [0.3, 0.4) is 0 Å². The Morgan fingerprint density at radius 2 is 1.85 bits per heavy atom. The quantitative estimate of drug-likeness (QED) is 0.506. The number of ether oxygens (including phenoxy) is 2. The van der Waals surface area contributed by atoms with Crippen molar-refractivity contribution >= 4 is 17.9 Å². The number of hydrogen-bond donors (Lipinski definition) is 1. The van der Waals surface area contributed by atoms with E-state index in [9.17, 15) is 4.79 Å². The molecule has 140 valence electrons. The SMILES string of the molecule is CC(C)(C)OC(=O)NCCCOc1cccc(SCc2ccccc2)c1. The second-order valence-electron chi connectivity index (χ2n) is 6.88. The van der Waals surface area contributed by atoms with E-state index < -0.39 is 11.7 Å². The van der Waals surface area contributed by atoms with Gasteiger partial charge in [0.05, 0.1) is 6.61 Å². The largest absolute Gasteiger partial charge is 0.493 e. The Labute approximate surface area is 160 Å². The van der Waals surface area contributed by atoms with E-state index in [0.29, 0.717) is 13.2 Å². The molecular weight excluding hydrogens is 346 g/mol. The molecular formula is C21H27NO3S. The monoisotopic (exact) mass is 373 g/mol. The number of rotatable bonds is 8. The van der Waals surface area contributed by atoms with Gasteiger partial charge in [0.2, 0.25) is 0 Å². The second-order valence-corrected chi connectivity index (χ2v) is 7.93. The molecule has 0 spiro atoms. The normalized spacial score (nSPS) is 11.0.